The molecule has 0 saturated heterocycles. The van der Waals surface area contributed by atoms with E-state index in [1.165, 1.54) is 6.92 Å². The highest BCUT2D eigenvalue weighted by Crippen LogP contribution is 2.56. The van der Waals surface area contributed by atoms with Crippen LogP contribution in [0.2, 0.25) is 5.02 Å². The van der Waals surface area contributed by atoms with Crippen molar-refractivity contribution in [3.05, 3.63) is 82.1 Å². The van der Waals surface area contributed by atoms with Crippen molar-refractivity contribution in [3.63, 3.8) is 0 Å². The molecule has 3 aromatic carbocycles. The second-order valence-electron chi connectivity index (χ2n) is 7.69. The Kier molecular flexibility index (Phi) is 5.83. The van der Waals surface area contributed by atoms with E-state index in [-0.39, 0.29) is 23.6 Å². The van der Waals surface area contributed by atoms with Crippen molar-refractivity contribution >= 4 is 11.6 Å². The molecule has 0 amide bonds. The third-order valence-electron chi connectivity index (χ3n) is 5.82. The lowest BCUT2D eigenvalue weighted by Crippen LogP contribution is -2.41. The van der Waals surface area contributed by atoms with E-state index in [9.17, 15) is 13.9 Å². The van der Waals surface area contributed by atoms with Crippen LogP contribution in [0.3, 0.4) is 0 Å². The summed E-state index contributed by atoms with van der Waals surface area (Å²) in [6.07, 6.45) is -1.33. The molecule has 0 fully saturated rings. The van der Waals surface area contributed by atoms with E-state index in [4.69, 9.17) is 26.8 Å². The molecule has 0 spiro atoms. The maximum absolute atomic E-state index is 15.1. The third kappa shape index (κ3) is 3.41. The van der Waals surface area contributed by atoms with E-state index >= 15 is 4.39 Å². The van der Waals surface area contributed by atoms with Crippen LogP contribution in [0.4, 0.5) is 13.2 Å². The first-order valence-electron chi connectivity index (χ1n) is 10.0. The molecule has 0 saturated carbocycles. The van der Waals surface area contributed by atoms with Gasteiger partial charge in [-0.3, -0.25) is 0 Å². The van der Waals surface area contributed by atoms with Crippen LogP contribution in [-0.2, 0) is 5.60 Å². The Morgan fingerprint density at radius 1 is 1.12 bits per heavy atom. The quantitative estimate of drug-likeness (QED) is 0.491. The summed E-state index contributed by atoms with van der Waals surface area (Å²) in [4.78, 5) is 0. The van der Waals surface area contributed by atoms with Gasteiger partial charge in [0.2, 0.25) is 0 Å². The van der Waals surface area contributed by atoms with Gasteiger partial charge in [-0.2, -0.15) is 0 Å². The van der Waals surface area contributed by atoms with Crippen LogP contribution in [0.5, 0.6) is 11.5 Å². The highest BCUT2D eigenvalue weighted by atomic mass is 35.5. The van der Waals surface area contributed by atoms with Gasteiger partial charge in [0.05, 0.1) is 10.6 Å². The minimum Gasteiger partial charge on any atom is -0.480 e. The number of rotatable bonds is 5. The molecule has 8 heteroatoms. The second-order valence-corrected chi connectivity index (χ2v) is 8.07. The average molecular weight is 464 g/mol. The molecule has 3 atom stereocenters. The minimum absolute atomic E-state index is 0.0359. The van der Waals surface area contributed by atoms with E-state index in [0.29, 0.717) is 5.56 Å². The molecule has 168 valence electrons. The Hall–Kier alpha value is -2.74. The number of benzene rings is 3. The van der Waals surface area contributed by atoms with E-state index in [1.54, 1.807) is 6.92 Å². The Morgan fingerprint density at radius 2 is 1.81 bits per heavy atom. The smallest absolute Gasteiger partial charge is 0.194 e. The van der Waals surface area contributed by atoms with Gasteiger partial charge in [0.15, 0.2) is 23.5 Å². The molecule has 1 aliphatic heterocycles. The van der Waals surface area contributed by atoms with Crippen LogP contribution >= 0.6 is 11.6 Å². The third-order valence-corrected chi connectivity index (χ3v) is 6.19. The van der Waals surface area contributed by atoms with Crippen molar-refractivity contribution in [2.75, 3.05) is 6.54 Å². The van der Waals surface area contributed by atoms with Gasteiger partial charge in [0, 0.05) is 29.7 Å². The Bertz CT molecular complexity index is 1170. The standard InChI is InChI=1S/C24H21ClF3NO3/c1-12-19-18(32-24(12,11-29)14-6-4-3-5-7-14)10-16(27)22(25)21(19)20-17(31-13(2)30)9-8-15(26)23(20)28/h3-10,12-13,30H,11,29H2,1-2H3/t12-,13?,24-/m0/s1. The van der Waals surface area contributed by atoms with E-state index in [0.717, 1.165) is 23.8 Å². The molecule has 4 rings (SSSR count). The van der Waals surface area contributed by atoms with Crippen molar-refractivity contribution in [1.29, 1.82) is 0 Å². The maximum atomic E-state index is 15.1. The highest BCUT2D eigenvalue weighted by molar-refractivity contribution is 6.34. The summed E-state index contributed by atoms with van der Waals surface area (Å²) >= 11 is 6.32. The summed E-state index contributed by atoms with van der Waals surface area (Å²) in [5.74, 6) is -3.91. The highest BCUT2D eigenvalue weighted by Gasteiger charge is 2.49. The molecular weight excluding hydrogens is 443 g/mol. The van der Waals surface area contributed by atoms with Crippen LogP contribution in [0.1, 0.15) is 30.9 Å². The lowest BCUT2D eigenvalue weighted by molar-refractivity contribution is -0.000110. The summed E-state index contributed by atoms with van der Waals surface area (Å²) in [5, 5.41) is 9.27. The number of nitrogens with two attached hydrogens (primary N) is 1. The van der Waals surface area contributed by atoms with Crippen molar-refractivity contribution in [2.45, 2.75) is 31.7 Å². The fraction of sp³-hybridized carbons (Fsp3) is 0.250. The Labute approximate surface area is 188 Å². The molecule has 0 aromatic heterocycles. The van der Waals surface area contributed by atoms with Gasteiger partial charge in [-0.15, -0.1) is 0 Å². The number of hydrogen-bond acceptors (Lipinski definition) is 4. The monoisotopic (exact) mass is 463 g/mol. The topological polar surface area (TPSA) is 64.7 Å². The summed E-state index contributed by atoms with van der Waals surface area (Å²) in [7, 11) is 0. The van der Waals surface area contributed by atoms with Crippen LogP contribution in [0.25, 0.3) is 11.1 Å². The lowest BCUT2D eigenvalue weighted by Gasteiger charge is -2.32. The Morgan fingerprint density at radius 3 is 2.44 bits per heavy atom. The van der Waals surface area contributed by atoms with Crippen molar-refractivity contribution in [2.24, 2.45) is 5.73 Å². The molecule has 1 unspecified atom stereocenters. The van der Waals surface area contributed by atoms with Gasteiger partial charge >= 0.3 is 0 Å². The van der Waals surface area contributed by atoms with Gasteiger partial charge in [0.1, 0.15) is 17.3 Å². The molecule has 0 radical (unpaired) electrons. The normalized spacial score (nSPS) is 20.6. The zero-order valence-corrected chi connectivity index (χ0v) is 18.1. The van der Waals surface area contributed by atoms with Gasteiger partial charge in [-0.1, -0.05) is 48.9 Å². The number of aliphatic hydroxyl groups excluding tert-OH is 1. The van der Waals surface area contributed by atoms with Crippen LogP contribution in [-0.4, -0.2) is 17.9 Å². The maximum Gasteiger partial charge on any atom is 0.194 e. The second kappa shape index (κ2) is 8.31. The molecule has 32 heavy (non-hydrogen) atoms. The summed E-state index contributed by atoms with van der Waals surface area (Å²) in [5.41, 5.74) is 5.67. The van der Waals surface area contributed by atoms with Gasteiger partial charge in [-0.05, 0) is 24.6 Å². The molecule has 4 nitrogen and oxygen atoms in total. The number of aliphatic hydroxyl groups is 1. The van der Waals surface area contributed by atoms with Gasteiger partial charge in [0.25, 0.3) is 0 Å². The predicted molar refractivity (Wildman–Crippen MR) is 115 cm³/mol. The van der Waals surface area contributed by atoms with Crippen LogP contribution in [0, 0.1) is 17.5 Å². The van der Waals surface area contributed by atoms with E-state index in [2.05, 4.69) is 0 Å². The van der Waals surface area contributed by atoms with Crippen molar-refractivity contribution in [3.8, 4) is 22.6 Å². The predicted octanol–water partition coefficient (Wildman–Crippen LogP) is 5.49. The zero-order valence-electron chi connectivity index (χ0n) is 17.3. The molecule has 1 heterocycles. The first kappa shape index (κ1) is 22.5. The SMILES string of the molecule is CC(O)Oc1ccc(F)c(F)c1-c1c(Cl)c(F)cc2c1[C@H](C)[C@@](CN)(c1ccccc1)O2. The molecule has 3 N–H and O–H groups in total. The first-order valence-corrected chi connectivity index (χ1v) is 10.4. The average Bonchev–Trinajstić information content (AvgIpc) is 3.05. The molecule has 3 aromatic rings. The van der Waals surface area contributed by atoms with Crippen molar-refractivity contribution < 1.29 is 27.8 Å². The van der Waals surface area contributed by atoms with Crippen LogP contribution < -0.4 is 15.2 Å². The number of fused-ring (bicyclic) bond motifs is 1. The minimum atomic E-state index is -1.33. The van der Waals surface area contributed by atoms with E-state index in [1.807, 2.05) is 30.3 Å². The number of hydrogen-bond donors (Lipinski definition) is 2. The molecule has 0 bridgehead atoms. The zero-order chi connectivity index (χ0) is 23.2. The van der Waals surface area contributed by atoms with Crippen molar-refractivity contribution in [1.82, 2.24) is 0 Å². The molecular formula is C24H21ClF3NO3. The summed E-state index contributed by atoms with van der Waals surface area (Å²) in [6, 6.07) is 12.3. The summed E-state index contributed by atoms with van der Waals surface area (Å²) in [6.45, 7) is 3.15. The van der Waals surface area contributed by atoms with Gasteiger partial charge in [-0.25, -0.2) is 13.2 Å². The largest absolute Gasteiger partial charge is 0.480 e. The first-order chi connectivity index (χ1) is 15.2. The summed E-state index contributed by atoms with van der Waals surface area (Å²) < 4.78 is 55.8. The van der Waals surface area contributed by atoms with Crippen LogP contribution in [0.15, 0.2) is 48.5 Å². The molecule has 1 aliphatic rings. The van der Waals surface area contributed by atoms with Gasteiger partial charge < -0.3 is 20.3 Å². The Balaban J connectivity index is 2.02. The van der Waals surface area contributed by atoms with E-state index < -0.39 is 45.8 Å². The number of ether oxygens (including phenoxy) is 2. The fourth-order valence-electron chi connectivity index (χ4n) is 4.31. The lowest BCUT2D eigenvalue weighted by atomic mass is 9.78. The number of halogens is 4. The fourth-order valence-corrected chi connectivity index (χ4v) is 4.56. The molecule has 0 aliphatic carbocycles.